The largest absolute Gasteiger partial charge is 0.416 e. The number of imide groups is 1. The molecule has 2 aliphatic rings. The summed E-state index contributed by atoms with van der Waals surface area (Å²) in [6.45, 7) is 1.93. The summed E-state index contributed by atoms with van der Waals surface area (Å²) in [5, 5.41) is 5.37. The van der Waals surface area contributed by atoms with Gasteiger partial charge in [0, 0.05) is 6.54 Å². The van der Waals surface area contributed by atoms with E-state index in [0.717, 1.165) is 29.9 Å². The highest BCUT2D eigenvalue weighted by Crippen LogP contribution is 2.36. The van der Waals surface area contributed by atoms with Gasteiger partial charge in [-0.1, -0.05) is 19.1 Å². The Morgan fingerprint density at radius 3 is 2.41 bits per heavy atom. The maximum absolute atomic E-state index is 12.7. The average Bonchev–Trinajstić information content (AvgIpc) is 2.88. The van der Waals surface area contributed by atoms with Crippen LogP contribution >= 0.6 is 0 Å². The van der Waals surface area contributed by atoms with Crippen molar-refractivity contribution in [3.05, 3.63) is 35.4 Å². The first-order valence-corrected chi connectivity index (χ1v) is 9.68. The smallest absolute Gasteiger partial charge is 0.354 e. The van der Waals surface area contributed by atoms with E-state index in [4.69, 9.17) is 0 Å². The minimum absolute atomic E-state index is 0.191. The second-order valence-corrected chi connectivity index (χ2v) is 7.88. The molecular formula is C20H24F3N3O3. The number of hydrogen-bond acceptors (Lipinski definition) is 3. The fourth-order valence-corrected chi connectivity index (χ4v) is 3.82. The zero-order valence-corrected chi connectivity index (χ0v) is 16.1. The number of nitrogens with one attached hydrogen (secondary N) is 2. The zero-order valence-electron chi connectivity index (χ0n) is 16.1. The summed E-state index contributed by atoms with van der Waals surface area (Å²) < 4.78 is 37.7. The molecule has 4 amide bonds. The third-order valence-electron chi connectivity index (χ3n) is 5.69. The number of benzene rings is 1. The number of carbonyl (C=O) groups excluding carboxylic acids is 3. The van der Waals surface area contributed by atoms with Gasteiger partial charge in [-0.3, -0.25) is 14.5 Å². The van der Waals surface area contributed by atoms with Crippen LogP contribution in [-0.2, 0) is 22.2 Å². The van der Waals surface area contributed by atoms with Crippen LogP contribution in [0.15, 0.2) is 24.3 Å². The number of amides is 4. The van der Waals surface area contributed by atoms with Gasteiger partial charge < -0.3 is 10.6 Å². The molecule has 1 saturated heterocycles. The highest BCUT2D eigenvalue weighted by Gasteiger charge is 2.52. The molecule has 2 fully saturated rings. The van der Waals surface area contributed by atoms with Crippen molar-refractivity contribution < 1.29 is 27.6 Å². The van der Waals surface area contributed by atoms with Crippen LogP contribution in [0.3, 0.4) is 0 Å². The predicted octanol–water partition coefficient (Wildman–Crippen LogP) is 2.86. The van der Waals surface area contributed by atoms with Gasteiger partial charge in [0.2, 0.25) is 5.91 Å². The molecule has 2 N–H and O–H groups in total. The van der Waals surface area contributed by atoms with Crippen LogP contribution in [0.4, 0.5) is 18.0 Å². The number of carbonyl (C=O) groups is 3. The predicted molar refractivity (Wildman–Crippen MR) is 98.8 cm³/mol. The summed E-state index contributed by atoms with van der Waals surface area (Å²) in [5.41, 5.74) is -0.970. The van der Waals surface area contributed by atoms with Gasteiger partial charge in [-0.25, -0.2) is 4.79 Å². The Hall–Kier alpha value is -2.58. The monoisotopic (exact) mass is 411 g/mol. The van der Waals surface area contributed by atoms with Crippen LogP contribution in [0.5, 0.6) is 0 Å². The summed E-state index contributed by atoms with van der Waals surface area (Å²) in [6, 6.07) is 4.16. The Bertz CT molecular complexity index is 784. The van der Waals surface area contributed by atoms with E-state index in [2.05, 4.69) is 17.6 Å². The van der Waals surface area contributed by atoms with Gasteiger partial charge in [0.05, 0.1) is 5.56 Å². The molecule has 1 aliphatic heterocycles. The lowest BCUT2D eigenvalue weighted by atomic mass is 9.77. The van der Waals surface area contributed by atoms with Crippen LogP contribution in [-0.4, -0.2) is 41.4 Å². The van der Waals surface area contributed by atoms with Crippen LogP contribution in [0, 0.1) is 5.92 Å². The molecule has 3 rings (SSSR count). The lowest BCUT2D eigenvalue weighted by Gasteiger charge is -2.33. The van der Waals surface area contributed by atoms with Crippen LogP contribution in [0.25, 0.3) is 0 Å². The lowest BCUT2D eigenvalue weighted by molar-refractivity contribution is -0.137. The molecule has 0 atom stereocenters. The van der Waals surface area contributed by atoms with Gasteiger partial charge in [0.25, 0.3) is 5.91 Å². The van der Waals surface area contributed by atoms with Crippen molar-refractivity contribution in [3.8, 4) is 0 Å². The number of alkyl halides is 3. The molecule has 29 heavy (non-hydrogen) atoms. The summed E-state index contributed by atoms with van der Waals surface area (Å²) in [7, 11) is 0. The molecule has 1 aromatic rings. The number of halogens is 3. The van der Waals surface area contributed by atoms with Crippen molar-refractivity contribution in [3.63, 3.8) is 0 Å². The molecule has 158 valence electrons. The van der Waals surface area contributed by atoms with Gasteiger partial charge in [-0.2, -0.15) is 13.2 Å². The molecule has 0 bridgehead atoms. The SMILES string of the molecule is CC1CCC2(CC1)NC(=O)N(CC(=O)NCCc1ccc(C(F)(F)F)cc1)C2=O. The Balaban J connectivity index is 1.48. The summed E-state index contributed by atoms with van der Waals surface area (Å²) in [6.07, 6.45) is -1.21. The van der Waals surface area contributed by atoms with Crippen molar-refractivity contribution in [2.24, 2.45) is 5.92 Å². The van der Waals surface area contributed by atoms with Crippen LogP contribution < -0.4 is 10.6 Å². The first-order chi connectivity index (χ1) is 13.6. The average molecular weight is 411 g/mol. The van der Waals surface area contributed by atoms with E-state index in [1.165, 1.54) is 12.1 Å². The van der Waals surface area contributed by atoms with Gasteiger partial charge in [-0.05, 0) is 55.7 Å². The highest BCUT2D eigenvalue weighted by atomic mass is 19.4. The molecule has 1 spiro atoms. The number of hydrogen-bond donors (Lipinski definition) is 2. The van der Waals surface area contributed by atoms with Gasteiger partial charge in [-0.15, -0.1) is 0 Å². The van der Waals surface area contributed by atoms with Crippen LogP contribution in [0.2, 0.25) is 0 Å². The normalized spacial score (nSPS) is 24.7. The van der Waals surface area contributed by atoms with E-state index in [1.807, 2.05) is 0 Å². The Morgan fingerprint density at radius 2 is 1.83 bits per heavy atom. The Kier molecular flexibility index (Phi) is 5.86. The van der Waals surface area contributed by atoms with Crippen LogP contribution in [0.1, 0.15) is 43.7 Å². The third kappa shape index (κ3) is 4.71. The summed E-state index contributed by atoms with van der Waals surface area (Å²) >= 11 is 0. The highest BCUT2D eigenvalue weighted by molar-refractivity contribution is 6.09. The quantitative estimate of drug-likeness (QED) is 0.732. The minimum atomic E-state index is -4.39. The second-order valence-electron chi connectivity index (χ2n) is 7.88. The van der Waals surface area contributed by atoms with E-state index >= 15 is 0 Å². The molecule has 0 radical (unpaired) electrons. The van der Waals surface area contributed by atoms with Crippen molar-refractivity contribution in [1.29, 1.82) is 0 Å². The zero-order chi connectivity index (χ0) is 21.2. The molecule has 1 aliphatic carbocycles. The van der Waals surface area contributed by atoms with Gasteiger partial charge in [0.1, 0.15) is 12.1 Å². The van der Waals surface area contributed by atoms with Crippen molar-refractivity contribution in [2.45, 2.75) is 50.7 Å². The first-order valence-electron chi connectivity index (χ1n) is 9.68. The molecule has 1 saturated carbocycles. The van der Waals surface area contributed by atoms with E-state index in [0.29, 0.717) is 30.7 Å². The van der Waals surface area contributed by atoms with E-state index in [-0.39, 0.29) is 19.0 Å². The topological polar surface area (TPSA) is 78.5 Å². The van der Waals surface area contributed by atoms with Gasteiger partial charge in [0.15, 0.2) is 0 Å². The minimum Gasteiger partial charge on any atom is -0.354 e. The Labute approximate surface area is 166 Å². The fraction of sp³-hybridized carbons (Fsp3) is 0.550. The van der Waals surface area contributed by atoms with Gasteiger partial charge >= 0.3 is 12.2 Å². The van der Waals surface area contributed by atoms with Crippen molar-refractivity contribution in [1.82, 2.24) is 15.5 Å². The molecule has 1 heterocycles. The molecular weight excluding hydrogens is 387 g/mol. The molecule has 9 heteroatoms. The van der Waals surface area contributed by atoms with Crippen molar-refractivity contribution >= 4 is 17.8 Å². The number of urea groups is 1. The maximum Gasteiger partial charge on any atom is 0.416 e. The lowest BCUT2D eigenvalue weighted by Crippen LogP contribution is -2.50. The third-order valence-corrected chi connectivity index (χ3v) is 5.69. The second kappa shape index (κ2) is 8.04. The summed E-state index contributed by atoms with van der Waals surface area (Å²) in [4.78, 5) is 38.0. The molecule has 6 nitrogen and oxygen atoms in total. The van der Waals surface area contributed by atoms with E-state index < -0.39 is 29.2 Å². The standard InChI is InChI=1S/C20H24F3N3O3/c1-13-6-9-19(10-7-13)17(28)26(18(29)25-19)12-16(27)24-11-8-14-2-4-15(5-3-14)20(21,22)23/h2-5,13H,6-12H2,1H3,(H,24,27)(H,25,29). The summed E-state index contributed by atoms with van der Waals surface area (Å²) in [5.74, 6) is -0.332. The first kappa shape index (κ1) is 21.1. The Morgan fingerprint density at radius 1 is 1.21 bits per heavy atom. The number of nitrogens with zero attached hydrogens (tertiary/aromatic N) is 1. The van der Waals surface area contributed by atoms with E-state index in [9.17, 15) is 27.6 Å². The molecule has 1 aromatic carbocycles. The van der Waals surface area contributed by atoms with E-state index in [1.54, 1.807) is 0 Å². The van der Waals surface area contributed by atoms with Crippen molar-refractivity contribution in [2.75, 3.05) is 13.1 Å². The fourth-order valence-electron chi connectivity index (χ4n) is 3.82. The molecule has 0 aromatic heterocycles. The maximum atomic E-state index is 12.7. The number of rotatable bonds is 5. The molecule has 0 unspecified atom stereocenters.